The van der Waals surface area contributed by atoms with Crippen LogP contribution in [0.25, 0.3) is 5.57 Å². The number of allylic oxidation sites excluding steroid dienone is 1. The Hall–Kier alpha value is -1.67. The van der Waals surface area contributed by atoms with E-state index in [2.05, 4.69) is 6.04 Å². The zero-order valence-electron chi connectivity index (χ0n) is 11.9. The van der Waals surface area contributed by atoms with Crippen LogP contribution in [0.3, 0.4) is 0 Å². The Labute approximate surface area is 119 Å². The van der Waals surface area contributed by atoms with Crippen LogP contribution in [-0.4, -0.2) is 22.0 Å². The topological polar surface area (TPSA) is 3.24 Å². The average molecular weight is 295 g/mol. The van der Waals surface area contributed by atoms with Crippen molar-refractivity contribution in [1.29, 1.82) is 0 Å². The molecule has 0 aromatic heterocycles. The maximum atomic E-state index is 13.6. The number of fused-ring (bicyclic) bond motifs is 1. The molecule has 0 radical (unpaired) electrons. The molecule has 5 heteroatoms. The van der Waals surface area contributed by atoms with E-state index < -0.39 is 11.7 Å². The highest BCUT2D eigenvalue weighted by Gasteiger charge is 2.58. The molecule has 0 bridgehead atoms. The van der Waals surface area contributed by atoms with Gasteiger partial charge in [0, 0.05) is 21.9 Å². The molecule has 0 amide bonds. The highest BCUT2D eigenvalue weighted by Crippen LogP contribution is 2.49. The van der Waals surface area contributed by atoms with Gasteiger partial charge in [-0.25, -0.2) is 0 Å². The van der Waals surface area contributed by atoms with Gasteiger partial charge in [0.05, 0.1) is 5.69 Å². The lowest BCUT2D eigenvalue weighted by atomic mass is 9.80. The summed E-state index contributed by atoms with van der Waals surface area (Å²) in [6, 6.07) is 7.67. The first-order valence-electron chi connectivity index (χ1n) is 6.26. The number of hydrogen-bond acceptors (Lipinski definition) is 1. The van der Waals surface area contributed by atoms with Crippen LogP contribution in [0.15, 0.2) is 23.8 Å². The molecule has 2 rings (SSSR count). The Bertz CT molecular complexity index is 639. The first-order chi connectivity index (χ1) is 9.14. The Balaban J connectivity index is 2.83. The standard InChI is InChI=1S/C15H16F3NSi/c1-5-19-13-7-6-11(20)8-12(13)9(2)10(3)14(19,4)15(16,17)18/h1,6-8H,2-4,20H3. The summed E-state index contributed by atoms with van der Waals surface area (Å²) >= 11 is 0. The summed E-state index contributed by atoms with van der Waals surface area (Å²) in [5, 5.41) is 1.13. The van der Waals surface area contributed by atoms with E-state index in [-0.39, 0.29) is 5.57 Å². The molecule has 1 aromatic carbocycles. The minimum Gasteiger partial charge on any atom is -0.282 e. The maximum Gasteiger partial charge on any atom is 0.416 e. The van der Waals surface area contributed by atoms with Crippen molar-refractivity contribution in [3.05, 3.63) is 29.3 Å². The average Bonchev–Trinajstić information content (AvgIpc) is 2.36. The number of halogens is 3. The minimum atomic E-state index is -4.44. The Morgan fingerprint density at radius 1 is 1.30 bits per heavy atom. The van der Waals surface area contributed by atoms with Crippen LogP contribution in [0, 0.1) is 12.5 Å². The zero-order valence-corrected chi connectivity index (χ0v) is 13.9. The van der Waals surface area contributed by atoms with E-state index in [0.29, 0.717) is 11.3 Å². The van der Waals surface area contributed by atoms with E-state index in [4.69, 9.17) is 6.42 Å². The third kappa shape index (κ3) is 1.79. The molecule has 0 spiro atoms. The molecule has 1 nitrogen and oxygen atoms in total. The minimum absolute atomic E-state index is 0.253. The molecular formula is C15H16F3NSi. The van der Waals surface area contributed by atoms with Crippen molar-refractivity contribution in [2.24, 2.45) is 0 Å². The second kappa shape index (κ2) is 4.42. The van der Waals surface area contributed by atoms with Crippen LogP contribution in [-0.2, 0) is 0 Å². The van der Waals surface area contributed by atoms with Crippen LogP contribution in [0.5, 0.6) is 0 Å². The van der Waals surface area contributed by atoms with Gasteiger partial charge in [-0.3, -0.25) is 4.90 Å². The monoisotopic (exact) mass is 295 g/mol. The van der Waals surface area contributed by atoms with Gasteiger partial charge in [0.2, 0.25) is 0 Å². The predicted octanol–water partition coefficient (Wildman–Crippen LogP) is 2.20. The van der Waals surface area contributed by atoms with Gasteiger partial charge >= 0.3 is 6.18 Å². The number of hydrogen-bond donors (Lipinski definition) is 0. The summed E-state index contributed by atoms with van der Waals surface area (Å²) in [6.07, 6.45) is 0.956. The maximum absolute atomic E-state index is 13.6. The van der Waals surface area contributed by atoms with Crippen LogP contribution >= 0.6 is 0 Å². The van der Waals surface area contributed by atoms with Crippen molar-refractivity contribution in [3.8, 4) is 12.5 Å². The molecule has 0 saturated carbocycles. The van der Waals surface area contributed by atoms with Gasteiger partial charge in [-0.2, -0.15) is 13.2 Å². The lowest BCUT2D eigenvalue weighted by Gasteiger charge is -2.45. The van der Waals surface area contributed by atoms with Crippen molar-refractivity contribution in [2.45, 2.75) is 32.5 Å². The molecule has 0 fully saturated rings. The number of rotatable bonds is 0. The van der Waals surface area contributed by atoms with Crippen molar-refractivity contribution in [3.63, 3.8) is 0 Å². The highest BCUT2D eigenvalue weighted by molar-refractivity contribution is 6.32. The van der Waals surface area contributed by atoms with Gasteiger partial charge in [-0.05, 0) is 38.0 Å². The smallest absolute Gasteiger partial charge is 0.282 e. The van der Waals surface area contributed by atoms with Crippen LogP contribution < -0.4 is 10.1 Å². The molecule has 1 aromatic rings. The third-order valence-corrected chi connectivity index (χ3v) is 4.84. The number of benzene rings is 1. The van der Waals surface area contributed by atoms with Crippen LogP contribution in [0.2, 0.25) is 0 Å². The summed E-state index contributed by atoms with van der Waals surface area (Å²) in [4.78, 5) is 1.01. The van der Waals surface area contributed by atoms with Gasteiger partial charge in [0.1, 0.15) is 0 Å². The fourth-order valence-electron chi connectivity index (χ4n) is 2.66. The van der Waals surface area contributed by atoms with Crippen molar-refractivity contribution < 1.29 is 13.2 Å². The molecule has 0 saturated heterocycles. The largest absolute Gasteiger partial charge is 0.416 e. The quantitative estimate of drug-likeness (QED) is 0.524. The lowest BCUT2D eigenvalue weighted by molar-refractivity contribution is -0.168. The van der Waals surface area contributed by atoms with Crippen molar-refractivity contribution in [1.82, 2.24) is 0 Å². The van der Waals surface area contributed by atoms with E-state index in [1.165, 1.54) is 6.92 Å². The predicted molar refractivity (Wildman–Crippen MR) is 80.1 cm³/mol. The van der Waals surface area contributed by atoms with Gasteiger partial charge in [-0.1, -0.05) is 23.7 Å². The normalized spacial score (nSPS) is 22.8. The molecule has 20 heavy (non-hydrogen) atoms. The van der Waals surface area contributed by atoms with E-state index in [1.54, 1.807) is 13.0 Å². The fraction of sp³-hybridized carbons (Fsp3) is 0.333. The highest BCUT2D eigenvalue weighted by atomic mass is 28.1. The number of terminal acetylenes is 1. The first-order valence-corrected chi connectivity index (χ1v) is 7.26. The molecule has 1 aliphatic rings. The van der Waals surface area contributed by atoms with Gasteiger partial charge in [-0.15, -0.1) is 0 Å². The van der Waals surface area contributed by atoms with Crippen molar-refractivity contribution in [2.75, 3.05) is 4.90 Å². The molecule has 1 unspecified atom stereocenters. The molecule has 0 aliphatic carbocycles. The van der Waals surface area contributed by atoms with Crippen LogP contribution in [0.4, 0.5) is 18.9 Å². The van der Waals surface area contributed by atoms with Gasteiger partial charge in [0.15, 0.2) is 5.54 Å². The second-order valence-corrected chi connectivity index (χ2v) is 6.46. The Morgan fingerprint density at radius 3 is 2.40 bits per heavy atom. The summed E-state index contributed by atoms with van der Waals surface area (Å²) in [5.74, 6) is 0. The number of nitrogens with zero attached hydrogens (tertiary/aromatic N) is 1. The second-order valence-electron chi connectivity index (χ2n) is 5.31. The molecular weight excluding hydrogens is 279 g/mol. The SMILES string of the molecule is C#CN1c2ccc([SiH3])cc2C(C)=C(C)C1(C)C(F)(F)F. The molecule has 0 N–H and O–H groups in total. The van der Waals surface area contributed by atoms with E-state index in [1.807, 2.05) is 12.1 Å². The van der Waals surface area contributed by atoms with E-state index >= 15 is 0 Å². The van der Waals surface area contributed by atoms with Gasteiger partial charge in [0.25, 0.3) is 0 Å². The lowest BCUT2D eigenvalue weighted by Crippen LogP contribution is -2.57. The summed E-state index contributed by atoms with van der Waals surface area (Å²) < 4.78 is 40.8. The molecule has 106 valence electrons. The van der Waals surface area contributed by atoms with E-state index in [0.717, 1.165) is 32.8 Å². The summed E-state index contributed by atoms with van der Waals surface area (Å²) in [5.41, 5.74) is 0.00218. The van der Waals surface area contributed by atoms with E-state index in [9.17, 15) is 13.2 Å². The summed E-state index contributed by atoms with van der Waals surface area (Å²) in [6.45, 7) is 4.38. The molecule has 1 aliphatic heterocycles. The third-order valence-electron chi connectivity index (χ3n) is 4.22. The van der Waals surface area contributed by atoms with Gasteiger partial charge < -0.3 is 0 Å². The number of anilines is 1. The molecule has 1 atom stereocenters. The fourth-order valence-corrected chi connectivity index (χ4v) is 3.11. The first kappa shape index (κ1) is 14.7. The molecule has 1 heterocycles. The Kier molecular flexibility index (Phi) is 3.26. The summed E-state index contributed by atoms with van der Waals surface area (Å²) in [7, 11) is 0.845. The zero-order chi connectivity index (χ0) is 15.3. The Morgan fingerprint density at radius 2 is 1.90 bits per heavy atom. The number of alkyl halides is 3. The van der Waals surface area contributed by atoms with Crippen LogP contribution in [0.1, 0.15) is 26.3 Å². The van der Waals surface area contributed by atoms with Crippen molar-refractivity contribution >= 4 is 26.7 Å².